The van der Waals surface area contributed by atoms with E-state index in [-0.39, 0.29) is 11.7 Å². The molecule has 0 saturated carbocycles. The van der Waals surface area contributed by atoms with Gasteiger partial charge in [0.2, 0.25) is 5.91 Å². The van der Waals surface area contributed by atoms with Gasteiger partial charge in [-0.25, -0.2) is 9.37 Å². The smallest absolute Gasteiger partial charge is 0.224 e. The predicted octanol–water partition coefficient (Wildman–Crippen LogP) is 1.67. The number of anilines is 1. The van der Waals surface area contributed by atoms with E-state index in [4.69, 9.17) is 0 Å². The fourth-order valence-corrected chi connectivity index (χ4v) is 3.37. The maximum Gasteiger partial charge on any atom is 0.224 e. The lowest BCUT2D eigenvalue weighted by atomic mass is 10.1. The molecule has 8 heteroatoms. The first-order chi connectivity index (χ1) is 14.7. The Morgan fingerprint density at radius 1 is 1.07 bits per heavy atom. The van der Waals surface area contributed by atoms with E-state index < -0.39 is 0 Å². The van der Waals surface area contributed by atoms with E-state index in [1.165, 1.54) is 12.1 Å². The Balaban J connectivity index is 1.32. The van der Waals surface area contributed by atoms with Crippen LogP contribution in [0.3, 0.4) is 0 Å². The summed E-state index contributed by atoms with van der Waals surface area (Å²) in [6.45, 7) is 4.20. The number of piperazine rings is 1. The molecule has 2 N–H and O–H groups in total. The van der Waals surface area contributed by atoms with Crippen molar-refractivity contribution in [3.05, 3.63) is 60.0 Å². The SMILES string of the molecule is CN=C(NCCC(=O)N1CCN(c2ccccn2)CC1)NCCc1ccc(F)cc1. The van der Waals surface area contributed by atoms with Crippen molar-refractivity contribution >= 4 is 17.7 Å². The standard InChI is InChI=1S/C22H29FN6O/c1-24-22(26-12-9-18-5-7-19(23)8-6-18)27-13-10-21(30)29-16-14-28(15-17-29)20-4-2-3-11-25-20/h2-8,11H,9-10,12-17H2,1H3,(H2,24,26,27). The van der Waals surface area contributed by atoms with Crippen LogP contribution in [-0.2, 0) is 11.2 Å². The number of nitrogens with one attached hydrogen (secondary N) is 2. The van der Waals surface area contributed by atoms with Gasteiger partial charge in [0, 0.05) is 58.9 Å². The van der Waals surface area contributed by atoms with Crippen LogP contribution in [-0.4, -0.2) is 68.1 Å². The quantitative estimate of drug-likeness (QED) is 0.535. The molecule has 3 rings (SSSR count). The molecule has 1 aromatic carbocycles. The number of guanidine groups is 1. The summed E-state index contributed by atoms with van der Waals surface area (Å²) in [7, 11) is 1.70. The highest BCUT2D eigenvalue weighted by molar-refractivity contribution is 5.81. The highest BCUT2D eigenvalue weighted by Gasteiger charge is 2.21. The Labute approximate surface area is 177 Å². The van der Waals surface area contributed by atoms with Crippen LogP contribution in [0.4, 0.5) is 10.2 Å². The fraction of sp³-hybridized carbons (Fsp3) is 0.409. The minimum atomic E-state index is -0.230. The van der Waals surface area contributed by atoms with Crippen molar-refractivity contribution in [3.63, 3.8) is 0 Å². The fourth-order valence-electron chi connectivity index (χ4n) is 3.37. The Bertz CT molecular complexity index is 819. The molecule has 1 saturated heterocycles. The van der Waals surface area contributed by atoms with Gasteiger partial charge in [0.15, 0.2) is 5.96 Å². The Morgan fingerprint density at radius 3 is 2.47 bits per heavy atom. The molecule has 0 radical (unpaired) electrons. The molecule has 2 heterocycles. The van der Waals surface area contributed by atoms with Crippen LogP contribution in [0.2, 0.25) is 0 Å². The number of nitrogens with zero attached hydrogens (tertiary/aromatic N) is 4. The zero-order valence-electron chi connectivity index (χ0n) is 17.4. The van der Waals surface area contributed by atoms with Crippen LogP contribution in [0, 0.1) is 5.82 Å². The zero-order chi connectivity index (χ0) is 21.2. The van der Waals surface area contributed by atoms with Crippen LogP contribution in [0.15, 0.2) is 53.7 Å². The van der Waals surface area contributed by atoms with Gasteiger partial charge in [0.05, 0.1) is 0 Å². The summed E-state index contributed by atoms with van der Waals surface area (Å²) in [6, 6.07) is 12.4. The van der Waals surface area contributed by atoms with Crippen LogP contribution in [0.25, 0.3) is 0 Å². The van der Waals surface area contributed by atoms with Gasteiger partial charge < -0.3 is 20.4 Å². The van der Waals surface area contributed by atoms with Gasteiger partial charge >= 0.3 is 0 Å². The van der Waals surface area contributed by atoms with Crippen LogP contribution >= 0.6 is 0 Å². The first-order valence-electron chi connectivity index (χ1n) is 10.3. The largest absolute Gasteiger partial charge is 0.356 e. The summed E-state index contributed by atoms with van der Waals surface area (Å²) in [5.74, 6) is 1.53. The lowest BCUT2D eigenvalue weighted by Gasteiger charge is -2.35. The first-order valence-corrected chi connectivity index (χ1v) is 10.3. The van der Waals surface area contributed by atoms with Crippen molar-refractivity contribution in [2.45, 2.75) is 12.8 Å². The third-order valence-electron chi connectivity index (χ3n) is 5.08. The number of hydrogen-bond donors (Lipinski definition) is 2. The second-order valence-corrected chi connectivity index (χ2v) is 7.11. The number of carbonyl (C=O) groups is 1. The third kappa shape index (κ3) is 6.43. The molecule has 1 aromatic heterocycles. The number of amides is 1. The molecule has 1 amide bonds. The van der Waals surface area contributed by atoms with Crippen molar-refractivity contribution < 1.29 is 9.18 Å². The molecule has 0 aliphatic carbocycles. The Hall–Kier alpha value is -3.16. The molecule has 7 nitrogen and oxygen atoms in total. The molecule has 0 unspecified atom stereocenters. The summed E-state index contributed by atoms with van der Waals surface area (Å²) < 4.78 is 12.9. The van der Waals surface area contributed by atoms with Gasteiger partial charge in [-0.15, -0.1) is 0 Å². The van der Waals surface area contributed by atoms with Gasteiger partial charge in [0.25, 0.3) is 0 Å². The Morgan fingerprint density at radius 2 is 1.80 bits per heavy atom. The number of rotatable bonds is 7. The van der Waals surface area contributed by atoms with Crippen LogP contribution in [0.1, 0.15) is 12.0 Å². The minimum absolute atomic E-state index is 0.143. The summed E-state index contributed by atoms with van der Waals surface area (Å²) >= 11 is 0. The lowest BCUT2D eigenvalue weighted by Crippen LogP contribution is -2.49. The van der Waals surface area contributed by atoms with E-state index in [1.807, 2.05) is 23.1 Å². The molecule has 0 spiro atoms. The highest BCUT2D eigenvalue weighted by Crippen LogP contribution is 2.12. The average Bonchev–Trinajstić information content (AvgIpc) is 2.80. The molecule has 1 aliphatic rings. The van der Waals surface area contributed by atoms with Crippen molar-refractivity contribution in [3.8, 4) is 0 Å². The molecular weight excluding hydrogens is 383 g/mol. The molecule has 1 fully saturated rings. The van der Waals surface area contributed by atoms with Gasteiger partial charge in [-0.05, 0) is 36.2 Å². The van der Waals surface area contributed by atoms with Crippen molar-refractivity contribution in [1.82, 2.24) is 20.5 Å². The van der Waals surface area contributed by atoms with Crippen LogP contribution in [0.5, 0.6) is 0 Å². The summed E-state index contributed by atoms with van der Waals surface area (Å²) in [5, 5.41) is 6.40. The molecule has 2 aromatic rings. The molecule has 30 heavy (non-hydrogen) atoms. The van der Waals surface area contributed by atoms with Crippen molar-refractivity contribution in [2.75, 3.05) is 51.2 Å². The third-order valence-corrected chi connectivity index (χ3v) is 5.08. The summed E-state index contributed by atoms with van der Waals surface area (Å²) in [6.07, 6.45) is 2.97. The summed E-state index contributed by atoms with van der Waals surface area (Å²) in [4.78, 5) is 25.2. The van der Waals surface area contributed by atoms with E-state index in [9.17, 15) is 9.18 Å². The van der Waals surface area contributed by atoms with Crippen molar-refractivity contribution in [2.24, 2.45) is 4.99 Å². The normalized spacial score (nSPS) is 14.5. The van der Waals surface area contributed by atoms with Gasteiger partial charge in [-0.1, -0.05) is 18.2 Å². The van der Waals surface area contributed by atoms with Gasteiger partial charge in [0.1, 0.15) is 11.6 Å². The molecule has 0 bridgehead atoms. The first kappa shape index (κ1) is 21.5. The number of halogens is 1. The predicted molar refractivity (Wildman–Crippen MR) is 117 cm³/mol. The topological polar surface area (TPSA) is 72.9 Å². The van der Waals surface area contributed by atoms with E-state index in [0.29, 0.717) is 38.6 Å². The van der Waals surface area contributed by atoms with Gasteiger partial charge in [-0.2, -0.15) is 0 Å². The molecule has 1 aliphatic heterocycles. The minimum Gasteiger partial charge on any atom is -0.356 e. The molecule has 0 atom stereocenters. The lowest BCUT2D eigenvalue weighted by molar-refractivity contribution is -0.131. The maximum atomic E-state index is 12.9. The number of aromatic nitrogens is 1. The number of aliphatic imine (C=N–C) groups is 1. The van der Waals surface area contributed by atoms with E-state index in [1.54, 1.807) is 25.4 Å². The van der Waals surface area contributed by atoms with E-state index in [0.717, 1.165) is 30.9 Å². The number of pyridine rings is 1. The maximum absolute atomic E-state index is 12.9. The second kappa shape index (κ2) is 11.1. The molecule has 160 valence electrons. The van der Waals surface area contributed by atoms with E-state index in [2.05, 4.69) is 25.5 Å². The summed E-state index contributed by atoms with van der Waals surface area (Å²) in [5.41, 5.74) is 1.05. The second-order valence-electron chi connectivity index (χ2n) is 7.11. The van der Waals surface area contributed by atoms with Crippen LogP contribution < -0.4 is 15.5 Å². The zero-order valence-corrected chi connectivity index (χ0v) is 17.4. The average molecular weight is 413 g/mol. The molecular formula is C22H29FN6O. The highest BCUT2D eigenvalue weighted by atomic mass is 19.1. The number of benzene rings is 1. The number of carbonyl (C=O) groups excluding carboxylic acids is 1. The van der Waals surface area contributed by atoms with Crippen molar-refractivity contribution in [1.29, 1.82) is 0 Å². The Kier molecular flexibility index (Phi) is 8.00. The van der Waals surface area contributed by atoms with E-state index >= 15 is 0 Å². The monoisotopic (exact) mass is 412 g/mol. The number of hydrogen-bond acceptors (Lipinski definition) is 4. The van der Waals surface area contributed by atoms with Gasteiger partial charge in [-0.3, -0.25) is 9.79 Å².